The SMILES string of the molecule is Nc1c(C(=O)c2ccc3ccccc3c2)sc2nc(-c3ccccc3)ccc12. The van der Waals surface area contributed by atoms with Gasteiger partial charge in [0.15, 0.2) is 0 Å². The Morgan fingerprint density at radius 3 is 2.39 bits per heavy atom. The average molecular weight is 380 g/mol. The first-order valence-electron chi connectivity index (χ1n) is 8.99. The summed E-state index contributed by atoms with van der Waals surface area (Å²) in [5.41, 5.74) is 9.39. The van der Waals surface area contributed by atoms with Crippen molar-refractivity contribution in [3.05, 3.63) is 95.4 Å². The molecule has 5 rings (SSSR count). The zero-order chi connectivity index (χ0) is 19.1. The molecule has 0 saturated heterocycles. The third kappa shape index (κ3) is 2.75. The van der Waals surface area contributed by atoms with Crippen LogP contribution in [-0.4, -0.2) is 10.8 Å². The number of nitrogen functional groups attached to an aromatic ring is 1. The molecule has 0 fully saturated rings. The highest BCUT2D eigenvalue weighted by atomic mass is 32.1. The van der Waals surface area contributed by atoms with Crippen LogP contribution in [0.2, 0.25) is 0 Å². The van der Waals surface area contributed by atoms with Crippen molar-refractivity contribution in [3.63, 3.8) is 0 Å². The van der Waals surface area contributed by atoms with Crippen LogP contribution >= 0.6 is 11.3 Å². The van der Waals surface area contributed by atoms with Crippen molar-refractivity contribution >= 4 is 43.8 Å². The lowest BCUT2D eigenvalue weighted by molar-refractivity contribution is 0.104. The summed E-state index contributed by atoms with van der Waals surface area (Å²) in [7, 11) is 0. The lowest BCUT2D eigenvalue weighted by atomic mass is 10.0. The Kier molecular flexibility index (Phi) is 3.92. The van der Waals surface area contributed by atoms with Gasteiger partial charge in [-0.15, -0.1) is 11.3 Å². The molecular formula is C24H16N2OS. The molecular weight excluding hydrogens is 364 g/mol. The third-order valence-electron chi connectivity index (χ3n) is 4.88. The minimum absolute atomic E-state index is 0.0625. The molecule has 0 aliphatic rings. The molecule has 5 aromatic rings. The Morgan fingerprint density at radius 2 is 1.57 bits per heavy atom. The number of rotatable bonds is 3. The number of hydrogen-bond donors (Lipinski definition) is 1. The molecule has 0 unspecified atom stereocenters. The molecule has 0 saturated carbocycles. The Hall–Kier alpha value is -3.50. The summed E-state index contributed by atoms with van der Waals surface area (Å²) in [4.78, 5) is 19.2. The molecule has 3 nitrogen and oxygen atoms in total. The van der Waals surface area contributed by atoms with Crippen LogP contribution < -0.4 is 5.73 Å². The molecule has 0 amide bonds. The maximum atomic E-state index is 13.1. The number of nitrogens with two attached hydrogens (primary N) is 1. The lowest BCUT2D eigenvalue weighted by Crippen LogP contribution is -2.01. The van der Waals surface area contributed by atoms with Crippen molar-refractivity contribution in [2.75, 3.05) is 5.73 Å². The predicted octanol–water partition coefficient (Wildman–Crippen LogP) is 5.93. The maximum Gasteiger partial charge on any atom is 0.205 e. The largest absolute Gasteiger partial charge is 0.397 e. The number of anilines is 1. The van der Waals surface area contributed by atoms with E-state index in [1.54, 1.807) is 0 Å². The van der Waals surface area contributed by atoms with Gasteiger partial charge in [-0.2, -0.15) is 0 Å². The molecule has 134 valence electrons. The van der Waals surface area contributed by atoms with Gasteiger partial charge in [-0.3, -0.25) is 4.79 Å². The van der Waals surface area contributed by atoms with E-state index in [4.69, 9.17) is 10.7 Å². The second kappa shape index (κ2) is 6.59. The van der Waals surface area contributed by atoms with E-state index in [-0.39, 0.29) is 5.78 Å². The van der Waals surface area contributed by atoms with E-state index in [0.717, 1.165) is 32.2 Å². The fourth-order valence-corrected chi connectivity index (χ4v) is 4.45. The predicted molar refractivity (Wildman–Crippen MR) is 117 cm³/mol. The van der Waals surface area contributed by atoms with Crippen LogP contribution in [0.1, 0.15) is 15.2 Å². The van der Waals surface area contributed by atoms with Crippen LogP contribution in [0.15, 0.2) is 84.9 Å². The van der Waals surface area contributed by atoms with Gasteiger partial charge in [-0.25, -0.2) is 4.98 Å². The van der Waals surface area contributed by atoms with E-state index in [2.05, 4.69) is 0 Å². The molecule has 2 aromatic heterocycles. The third-order valence-corrected chi connectivity index (χ3v) is 6.00. The molecule has 28 heavy (non-hydrogen) atoms. The molecule has 0 radical (unpaired) electrons. The summed E-state index contributed by atoms with van der Waals surface area (Å²) in [6, 6.07) is 27.6. The number of benzene rings is 3. The fraction of sp³-hybridized carbons (Fsp3) is 0. The van der Waals surface area contributed by atoms with Crippen molar-refractivity contribution in [2.24, 2.45) is 0 Å². The first kappa shape index (κ1) is 16.7. The first-order chi connectivity index (χ1) is 13.7. The monoisotopic (exact) mass is 380 g/mol. The lowest BCUT2D eigenvalue weighted by Gasteiger charge is -2.03. The molecule has 0 spiro atoms. The van der Waals surface area contributed by atoms with E-state index in [1.807, 2.05) is 84.9 Å². The normalized spacial score (nSPS) is 11.1. The summed E-state index contributed by atoms with van der Waals surface area (Å²) >= 11 is 1.36. The van der Waals surface area contributed by atoms with Gasteiger partial charge in [0.25, 0.3) is 0 Å². The molecule has 0 aliphatic heterocycles. The number of carbonyl (C=O) groups excluding carboxylic acids is 1. The summed E-state index contributed by atoms with van der Waals surface area (Å²) in [5.74, 6) is -0.0625. The van der Waals surface area contributed by atoms with Crippen LogP contribution in [0.25, 0.3) is 32.2 Å². The second-order valence-corrected chi connectivity index (χ2v) is 7.65. The highest BCUT2D eigenvalue weighted by Crippen LogP contribution is 2.35. The number of thiophene rings is 1. The van der Waals surface area contributed by atoms with Gasteiger partial charge >= 0.3 is 0 Å². The number of carbonyl (C=O) groups is 1. The van der Waals surface area contributed by atoms with E-state index in [1.165, 1.54) is 11.3 Å². The van der Waals surface area contributed by atoms with Gasteiger partial charge < -0.3 is 5.73 Å². The number of fused-ring (bicyclic) bond motifs is 2. The van der Waals surface area contributed by atoms with Gasteiger partial charge in [-0.05, 0) is 29.0 Å². The van der Waals surface area contributed by atoms with Gasteiger partial charge in [0.1, 0.15) is 9.71 Å². The highest BCUT2D eigenvalue weighted by Gasteiger charge is 2.19. The molecule has 2 heterocycles. The van der Waals surface area contributed by atoms with Crippen molar-refractivity contribution in [1.29, 1.82) is 0 Å². The number of hydrogen-bond acceptors (Lipinski definition) is 4. The van der Waals surface area contributed by atoms with Crippen LogP contribution in [-0.2, 0) is 0 Å². The van der Waals surface area contributed by atoms with Crippen molar-refractivity contribution in [1.82, 2.24) is 4.98 Å². The van der Waals surface area contributed by atoms with E-state index < -0.39 is 0 Å². The van der Waals surface area contributed by atoms with Crippen LogP contribution in [0.5, 0.6) is 0 Å². The van der Waals surface area contributed by atoms with Gasteiger partial charge in [0, 0.05) is 16.5 Å². The van der Waals surface area contributed by atoms with Gasteiger partial charge in [0.05, 0.1) is 11.4 Å². The quantitative estimate of drug-likeness (QED) is 0.395. The zero-order valence-electron chi connectivity index (χ0n) is 14.9. The van der Waals surface area contributed by atoms with E-state index >= 15 is 0 Å². The van der Waals surface area contributed by atoms with E-state index in [9.17, 15) is 4.79 Å². The summed E-state index contributed by atoms with van der Waals surface area (Å²) < 4.78 is 0. The standard InChI is InChI=1S/C24H16N2OS/c25-21-19-12-13-20(16-7-2-1-3-8-16)26-24(19)28-23(21)22(27)18-11-10-15-6-4-5-9-17(15)14-18/h1-14H,25H2. The topological polar surface area (TPSA) is 56.0 Å². The summed E-state index contributed by atoms with van der Waals surface area (Å²) in [6.45, 7) is 0. The number of pyridine rings is 1. The van der Waals surface area contributed by atoms with Gasteiger partial charge in [0.2, 0.25) is 5.78 Å². The van der Waals surface area contributed by atoms with Crippen LogP contribution in [0.4, 0.5) is 5.69 Å². The molecule has 4 heteroatoms. The smallest absolute Gasteiger partial charge is 0.205 e. The Balaban J connectivity index is 1.59. The molecule has 0 atom stereocenters. The average Bonchev–Trinajstić information content (AvgIpc) is 3.09. The summed E-state index contributed by atoms with van der Waals surface area (Å²) in [5, 5.41) is 2.98. The van der Waals surface area contributed by atoms with Gasteiger partial charge in [-0.1, -0.05) is 66.7 Å². The molecule has 2 N–H and O–H groups in total. The van der Waals surface area contributed by atoms with Crippen molar-refractivity contribution in [2.45, 2.75) is 0 Å². The summed E-state index contributed by atoms with van der Waals surface area (Å²) in [6.07, 6.45) is 0. The zero-order valence-corrected chi connectivity index (χ0v) is 15.7. The van der Waals surface area contributed by atoms with Crippen LogP contribution in [0.3, 0.4) is 0 Å². The molecule has 0 aliphatic carbocycles. The molecule has 3 aromatic carbocycles. The van der Waals surface area contributed by atoms with E-state index in [0.29, 0.717) is 16.1 Å². The number of aromatic nitrogens is 1. The van der Waals surface area contributed by atoms with Crippen LogP contribution in [0, 0.1) is 0 Å². The number of nitrogens with zero attached hydrogens (tertiary/aromatic N) is 1. The maximum absolute atomic E-state index is 13.1. The Labute approximate surface area is 166 Å². The Morgan fingerprint density at radius 1 is 0.821 bits per heavy atom. The number of ketones is 1. The van der Waals surface area contributed by atoms with Crippen molar-refractivity contribution < 1.29 is 4.79 Å². The Bertz CT molecular complexity index is 1340. The highest BCUT2D eigenvalue weighted by molar-refractivity contribution is 7.21. The molecule has 0 bridgehead atoms. The minimum Gasteiger partial charge on any atom is -0.397 e. The fourth-order valence-electron chi connectivity index (χ4n) is 3.40. The first-order valence-corrected chi connectivity index (χ1v) is 9.80. The van der Waals surface area contributed by atoms with Crippen molar-refractivity contribution in [3.8, 4) is 11.3 Å². The minimum atomic E-state index is -0.0625. The second-order valence-electron chi connectivity index (χ2n) is 6.65.